The number of hydrogen-bond donors (Lipinski definition) is 2. The van der Waals surface area contributed by atoms with Crippen LogP contribution in [0.25, 0.3) is 32.9 Å². The second-order valence-corrected chi connectivity index (χ2v) is 12.0. The van der Waals surface area contributed by atoms with E-state index in [0.29, 0.717) is 47.9 Å². The third-order valence-electron chi connectivity index (χ3n) is 9.28. The molecule has 2 aromatic carbocycles. The molecule has 3 fully saturated rings. The summed E-state index contributed by atoms with van der Waals surface area (Å²) in [6.07, 6.45) is 6.24. The van der Waals surface area contributed by atoms with Crippen LogP contribution in [0.4, 0.5) is 10.2 Å². The summed E-state index contributed by atoms with van der Waals surface area (Å²) in [4.78, 5) is 18.7. The van der Waals surface area contributed by atoms with Crippen molar-refractivity contribution in [1.29, 1.82) is 0 Å². The van der Waals surface area contributed by atoms with Gasteiger partial charge in [0.15, 0.2) is 5.82 Å². The minimum absolute atomic E-state index is 0.00654. The molecular formula is C31H34ClFN6O2. The van der Waals surface area contributed by atoms with Gasteiger partial charge in [0.05, 0.1) is 23.1 Å². The van der Waals surface area contributed by atoms with Crippen molar-refractivity contribution < 1.29 is 14.2 Å². The molecule has 8 nitrogen and oxygen atoms in total. The van der Waals surface area contributed by atoms with Crippen molar-refractivity contribution in [3.05, 3.63) is 53.4 Å². The summed E-state index contributed by atoms with van der Waals surface area (Å²) in [6, 6.07) is 11.3. The zero-order chi connectivity index (χ0) is 28.1. The largest absolute Gasteiger partial charge is 0.461 e. The highest BCUT2D eigenvalue weighted by Crippen LogP contribution is 2.40. The molecule has 214 valence electrons. The lowest BCUT2D eigenvalue weighted by molar-refractivity contribution is 0.107. The molecule has 0 spiro atoms. The lowest BCUT2D eigenvalue weighted by atomic mass is 9.95. The van der Waals surface area contributed by atoms with Crippen molar-refractivity contribution in [3.63, 3.8) is 0 Å². The molecule has 10 heteroatoms. The van der Waals surface area contributed by atoms with E-state index < -0.39 is 11.9 Å². The number of pyridine rings is 1. The van der Waals surface area contributed by atoms with Crippen LogP contribution < -0.4 is 15.0 Å². The fraction of sp³-hybridized carbons (Fsp3) is 0.452. The summed E-state index contributed by atoms with van der Waals surface area (Å²) in [5, 5.41) is 16.4. The van der Waals surface area contributed by atoms with Crippen molar-refractivity contribution in [3.8, 4) is 17.3 Å². The van der Waals surface area contributed by atoms with E-state index in [1.807, 2.05) is 37.4 Å². The molecule has 0 aliphatic carbocycles. The maximum absolute atomic E-state index is 16.6. The molecule has 0 unspecified atom stereocenters. The smallest absolute Gasteiger partial charge is 0.319 e. The van der Waals surface area contributed by atoms with Crippen molar-refractivity contribution in [2.75, 3.05) is 44.7 Å². The summed E-state index contributed by atoms with van der Waals surface area (Å²) < 4.78 is 22.9. The van der Waals surface area contributed by atoms with Crippen molar-refractivity contribution >= 4 is 39.1 Å². The normalized spacial score (nSPS) is 22.5. The first-order chi connectivity index (χ1) is 20.0. The Balaban J connectivity index is 1.35. The highest BCUT2D eigenvalue weighted by atomic mass is 35.5. The number of aromatic nitrogens is 3. The highest BCUT2D eigenvalue weighted by molar-refractivity contribution is 6.36. The van der Waals surface area contributed by atoms with Gasteiger partial charge in [-0.1, -0.05) is 41.9 Å². The fourth-order valence-corrected chi connectivity index (χ4v) is 7.37. The topological polar surface area (TPSA) is 86.6 Å². The van der Waals surface area contributed by atoms with Gasteiger partial charge in [0.1, 0.15) is 23.6 Å². The summed E-state index contributed by atoms with van der Waals surface area (Å²) in [6.45, 7) is 3.75. The van der Waals surface area contributed by atoms with E-state index >= 15 is 4.39 Å². The lowest BCUT2D eigenvalue weighted by Crippen LogP contribution is -2.53. The molecule has 3 saturated heterocycles. The van der Waals surface area contributed by atoms with Gasteiger partial charge in [0.2, 0.25) is 0 Å². The third-order valence-corrected chi connectivity index (χ3v) is 9.60. The number of fused-ring (bicyclic) bond motifs is 3. The SMILES string of the molecule is CN[C@@H]1CN(c2nc(OCC34CCCN3CCC4)nc3c(F)c(-c4cccc5cccc(Cl)c45)ncc23)CC[C@H]1O. The quantitative estimate of drug-likeness (QED) is 0.338. The number of rotatable bonds is 6. The van der Waals surface area contributed by atoms with Gasteiger partial charge >= 0.3 is 6.01 Å². The van der Waals surface area contributed by atoms with Crippen molar-refractivity contribution in [2.45, 2.75) is 49.8 Å². The molecule has 3 aliphatic heterocycles. The van der Waals surface area contributed by atoms with E-state index in [1.54, 1.807) is 12.3 Å². The van der Waals surface area contributed by atoms with Crippen LogP contribution >= 0.6 is 11.6 Å². The van der Waals surface area contributed by atoms with Gasteiger partial charge < -0.3 is 20.1 Å². The molecule has 0 bridgehead atoms. The first-order valence-electron chi connectivity index (χ1n) is 14.5. The van der Waals surface area contributed by atoms with Gasteiger partial charge in [-0.05, 0) is 63.7 Å². The predicted molar refractivity (Wildman–Crippen MR) is 159 cm³/mol. The van der Waals surface area contributed by atoms with Crippen LogP contribution in [0.15, 0.2) is 42.6 Å². The van der Waals surface area contributed by atoms with Gasteiger partial charge in [-0.3, -0.25) is 9.88 Å². The maximum atomic E-state index is 16.6. The van der Waals surface area contributed by atoms with Gasteiger partial charge in [-0.25, -0.2) is 4.39 Å². The van der Waals surface area contributed by atoms with Crippen LogP contribution in [0.3, 0.4) is 0 Å². The summed E-state index contributed by atoms with van der Waals surface area (Å²) in [7, 11) is 1.83. The monoisotopic (exact) mass is 576 g/mol. The number of anilines is 1. The average molecular weight is 577 g/mol. The minimum atomic E-state index is -0.535. The minimum Gasteiger partial charge on any atom is -0.461 e. The molecule has 7 rings (SSSR count). The summed E-state index contributed by atoms with van der Waals surface area (Å²) in [5.41, 5.74) is 0.966. The number of benzene rings is 2. The molecule has 2 aromatic heterocycles. The third kappa shape index (κ3) is 4.59. The number of aliphatic hydroxyl groups excluding tert-OH is 1. The number of ether oxygens (including phenoxy) is 1. The first kappa shape index (κ1) is 26.8. The molecule has 5 heterocycles. The van der Waals surface area contributed by atoms with Gasteiger partial charge in [0.25, 0.3) is 0 Å². The fourth-order valence-electron chi connectivity index (χ4n) is 7.08. The number of piperidine rings is 1. The molecule has 41 heavy (non-hydrogen) atoms. The second-order valence-electron chi connectivity index (χ2n) is 11.6. The van der Waals surface area contributed by atoms with Gasteiger partial charge in [-0.15, -0.1) is 0 Å². The van der Waals surface area contributed by atoms with Crippen LogP contribution in [-0.4, -0.2) is 82.5 Å². The molecule has 0 radical (unpaired) electrons. The number of aliphatic hydroxyl groups is 1. The van der Waals surface area contributed by atoms with Crippen LogP contribution in [-0.2, 0) is 0 Å². The van der Waals surface area contributed by atoms with Crippen molar-refractivity contribution in [1.82, 2.24) is 25.2 Å². The van der Waals surface area contributed by atoms with Crippen LogP contribution in [0, 0.1) is 5.82 Å². The van der Waals surface area contributed by atoms with E-state index in [0.717, 1.165) is 49.5 Å². The van der Waals surface area contributed by atoms with E-state index in [2.05, 4.69) is 25.1 Å². The Bertz CT molecular complexity index is 1600. The molecule has 3 aliphatic rings. The van der Waals surface area contributed by atoms with E-state index in [1.165, 1.54) is 0 Å². The van der Waals surface area contributed by atoms with Gasteiger partial charge in [0, 0.05) is 35.3 Å². The molecule has 4 aromatic rings. The highest BCUT2D eigenvalue weighted by Gasteiger charge is 2.45. The summed E-state index contributed by atoms with van der Waals surface area (Å²) in [5.74, 6) is 0.0328. The number of nitrogens with zero attached hydrogens (tertiary/aromatic N) is 5. The Morgan fingerprint density at radius 3 is 2.68 bits per heavy atom. The maximum Gasteiger partial charge on any atom is 0.319 e. The Hall–Kier alpha value is -3.11. The van der Waals surface area contributed by atoms with Crippen LogP contribution in [0.5, 0.6) is 6.01 Å². The van der Waals surface area contributed by atoms with Crippen LogP contribution in [0.2, 0.25) is 5.02 Å². The molecular weight excluding hydrogens is 543 g/mol. The Morgan fingerprint density at radius 1 is 1.12 bits per heavy atom. The second kappa shape index (κ2) is 10.6. The van der Waals surface area contributed by atoms with Crippen molar-refractivity contribution in [2.24, 2.45) is 0 Å². The number of halogens is 2. The lowest BCUT2D eigenvalue weighted by Gasteiger charge is -2.37. The van der Waals surface area contributed by atoms with E-state index in [-0.39, 0.29) is 28.8 Å². The Morgan fingerprint density at radius 2 is 1.90 bits per heavy atom. The first-order valence-corrected chi connectivity index (χ1v) is 14.9. The Kier molecular flexibility index (Phi) is 6.93. The molecule has 2 atom stereocenters. The zero-order valence-electron chi connectivity index (χ0n) is 23.1. The molecule has 0 saturated carbocycles. The predicted octanol–water partition coefficient (Wildman–Crippen LogP) is 4.80. The van der Waals surface area contributed by atoms with E-state index in [9.17, 15) is 5.11 Å². The number of nitrogens with one attached hydrogen (secondary N) is 1. The molecule has 2 N–H and O–H groups in total. The van der Waals surface area contributed by atoms with Crippen LogP contribution in [0.1, 0.15) is 32.1 Å². The summed E-state index contributed by atoms with van der Waals surface area (Å²) >= 11 is 6.59. The van der Waals surface area contributed by atoms with Gasteiger partial charge in [-0.2, -0.15) is 9.97 Å². The van der Waals surface area contributed by atoms with E-state index in [4.69, 9.17) is 21.3 Å². The number of hydrogen-bond acceptors (Lipinski definition) is 8. The zero-order valence-corrected chi connectivity index (χ0v) is 23.9. The standard InChI is InChI=1S/C31H34ClFN6O2/c1-34-23-17-38(15-10-24(23)40)29-21-16-35-27(20-8-2-6-19-7-3-9-22(32)25(19)20)26(33)28(21)36-30(37-29)41-18-31-11-4-13-39(31)14-5-12-31/h2-3,6-9,16,23-24,34,40H,4-5,10-15,17-18H2,1H3/t23-,24-/m1/s1. The number of likely N-dealkylation sites (N-methyl/N-ethyl adjacent to an activating group) is 1. The average Bonchev–Trinajstić information content (AvgIpc) is 3.57. The Labute approximate surface area is 243 Å². The molecule has 0 amide bonds.